The first-order chi connectivity index (χ1) is 13.0. The van der Waals surface area contributed by atoms with Crippen molar-refractivity contribution < 1.29 is 18.0 Å². The van der Waals surface area contributed by atoms with E-state index in [0.29, 0.717) is 5.69 Å². The molecular weight excluding hydrogens is 391 g/mol. The van der Waals surface area contributed by atoms with Crippen LogP contribution in [0.4, 0.5) is 30.4 Å². The van der Waals surface area contributed by atoms with Crippen molar-refractivity contribution in [1.82, 2.24) is 4.98 Å². The molecule has 0 unspecified atom stereocenters. The molecule has 2 aromatic rings. The van der Waals surface area contributed by atoms with Gasteiger partial charge in [0.2, 0.25) is 0 Å². The Morgan fingerprint density at radius 1 is 1.21 bits per heavy atom. The van der Waals surface area contributed by atoms with Gasteiger partial charge in [-0.1, -0.05) is 0 Å². The number of carbonyl (C=O) groups is 1. The van der Waals surface area contributed by atoms with Crippen LogP contribution in [0.25, 0.3) is 0 Å². The zero-order valence-corrected chi connectivity index (χ0v) is 15.6. The normalized spacial score (nSPS) is 16.4. The number of carbonyl (C=O) groups excluding carboxylic acids is 1. The number of aromatic nitrogens is 1. The number of nitriles is 1. The largest absolute Gasteiger partial charge is 0.417 e. The molecule has 0 atom stereocenters. The molecule has 2 N–H and O–H groups in total. The van der Waals surface area contributed by atoms with Crippen LogP contribution in [0.15, 0.2) is 36.5 Å². The van der Waals surface area contributed by atoms with Gasteiger partial charge in [-0.25, -0.2) is 4.98 Å². The van der Waals surface area contributed by atoms with Gasteiger partial charge in [-0.05, 0) is 56.4 Å². The molecule has 1 saturated heterocycles. The Kier molecular flexibility index (Phi) is 4.51. The second-order valence-corrected chi connectivity index (χ2v) is 6.96. The van der Waals surface area contributed by atoms with Crippen LogP contribution in [0.1, 0.15) is 25.0 Å². The SMILES string of the molecule is CC1(C)C(=O)N(c2ccc(C#N)c(C(F)(F)F)c2)C(=S)N1c1ccc(N)nc1. The van der Waals surface area contributed by atoms with Crippen molar-refractivity contribution in [2.24, 2.45) is 0 Å². The van der Waals surface area contributed by atoms with Crippen LogP contribution in [0.3, 0.4) is 0 Å². The zero-order chi connectivity index (χ0) is 20.9. The number of rotatable bonds is 2. The summed E-state index contributed by atoms with van der Waals surface area (Å²) < 4.78 is 39.9. The molecule has 0 spiro atoms. The van der Waals surface area contributed by atoms with Crippen molar-refractivity contribution in [2.75, 3.05) is 15.5 Å². The minimum Gasteiger partial charge on any atom is -0.384 e. The predicted octanol–water partition coefficient (Wildman–Crippen LogP) is 3.47. The highest BCUT2D eigenvalue weighted by atomic mass is 32.1. The second-order valence-electron chi connectivity index (χ2n) is 6.60. The first-order valence-corrected chi connectivity index (χ1v) is 8.41. The van der Waals surface area contributed by atoms with Gasteiger partial charge >= 0.3 is 6.18 Å². The van der Waals surface area contributed by atoms with Crippen molar-refractivity contribution in [3.63, 3.8) is 0 Å². The number of benzene rings is 1. The van der Waals surface area contributed by atoms with Crippen LogP contribution >= 0.6 is 12.2 Å². The molecule has 0 saturated carbocycles. The number of alkyl halides is 3. The first kappa shape index (κ1) is 19.6. The van der Waals surface area contributed by atoms with Crippen LogP contribution in [0.2, 0.25) is 0 Å². The van der Waals surface area contributed by atoms with E-state index in [2.05, 4.69) is 4.98 Å². The van der Waals surface area contributed by atoms with Crippen molar-refractivity contribution in [3.8, 4) is 6.07 Å². The maximum atomic E-state index is 13.3. The molecular formula is C18H14F3N5OS. The van der Waals surface area contributed by atoms with Crippen molar-refractivity contribution in [2.45, 2.75) is 25.6 Å². The van der Waals surface area contributed by atoms with E-state index in [-0.39, 0.29) is 16.6 Å². The van der Waals surface area contributed by atoms with E-state index >= 15 is 0 Å². The fraction of sp³-hybridized carbons (Fsp3) is 0.222. The maximum Gasteiger partial charge on any atom is 0.417 e. The Morgan fingerprint density at radius 2 is 1.86 bits per heavy atom. The lowest BCUT2D eigenvalue weighted by Gasteiger charge is -2.29. The maximum absolute atomic E-state index is 13.3. The summed E-state index contributed by atoms with van der Waals surface area (Å²) in [5, 5.41) is 8.96. The summed E-state index contributed by atoms with van der Waals surface area (Å²) in [7, 11) is 0. The van der Waals surface area contributed by atoms with Crippen LogP contribution in [-0.4, -0.2) is 21.5 Å². The van der Waals surface area contributed by atoms with E-state index in [4.69, 9.17) is 23.2 Å². The summed E-state index contributed by atoms with van der Waals surface area (Å²) in [5.74, 6) is -0.232. The van der Waals surface area contributed by atoms with E-state index < -0.39 is 28.7 Å². The Morgan fingerprint density at radius 3 is 2.39 bits per heavy atom. The third kappa shape index (κ3) is 3.03. The minimum absolute atomic E-state index is 0.000552. The quantitative estimate of drug-likeness (QED) is 0.770. The van der Waals surface area contributed by atoms with Crippen molar-refractivity contribution in [3.05, 3.63) is 47.7 Å². The van der Waals surface area contributed by atoms with Crippen LogP contribution < -0.4 is 15.5 Å². The van der Waals surface area contributed by atoms with E-state index in [1.807, 2.05) is 0 Å². The van der Waals surface area contributed by atoms with Gasteiger partial charge in [0.15, 0.2) is 5.11 Å². The molecule has 1 aliphatic heterocycles. The van der Waals surface area contributed by atoms with Crippen molar-refractivity contribution >= 4 is 40.4 Å². The van der Waals surface area contributed by atoms with Gasteiger partial charge < -0.3 is 10.6 Å². The van der Waals surface area contributed by atoms with Crippen LogP contribution in [0.5, 0.6) is 0 Å². The lowest BCUT2D eigenvalue weighted by Crippen LogP contribution is -2.44. The van der Waals surface area contributed by atoms with Crippen molar-refractivity contribution in [1.29, 1.82) is 5.26 Å². The molecule has 144 valence electrons. The average Bonchev–Trinajstić information content (AvgIpc) is 2.79. The first-order valence-electron chi connectivity index (χ1n) is 8.00. The predicted molar refractivity (Wildman–Crippen MR) is 101 cm³/mol. The number of nitrogens with zero attached hydrogens (tertiary/aromatic N) is 4. The Hall–Kier alpha value is -3.19. The molecule has 28 heavy (non-hydrogen) atoms. The number of pyridine rings is 1. The Labute approximate surface area is 164 Å². The zero-order valence-electron chi connectivity index (χ0n) is 14.8. The van der Waals surface area contributed by atoms with Crippen LogP contribution in [-0.2, 0) is 11.0 Å². The molecule has 1 aliphatic rings. The van der Waals surface area contributed by atoms with E-state index in [9.17, 15) is 18.0 Å². The number of halogens is 3. The molecule has 0 aliphatic carbocycles. The molecule has 10 heteroatoms. The van der Waals surface area contributed by atoms with E-state index in [1.54, 1.807) is 19.9 Å². The lowest BCUT2D eigenvalue weighted by molar-refractivity contribution is -0.137. The fourth-order valence-electron chi connectivity index (χ4n) is 2.99. The number of anilines is 3. The molecule has 0 radical (unpaired) electrons. The molecule has 2 heterocycles. The third-order valence-corrected chi connectivity index (χ3v) is 4.75. The van der Waals surface area contributed by atoms with Gasteiger partial charge in [-0.3, -0.25) is 9.69 Å². The Bertz CT molecular complexity index is 1010. The second kappa shape index (κ2) is 6.45. The highest BCUT2D eigenvalue weighted by molar-refractivity contribution is 7.81. The van der Waals surface area contributed by atoms with Gasteiger partial charge in [-0.2, -0.15) is 18.4 Å². The number of hydrogen-bond donors (Lipinski definition) is 1. The molecule has 1 amide bonds. The summed E-state index contributed by atoms with van der Waals surface area (Å²) in [6, 6.07) is 7.70. The molecule has 1 aromatic heterocycles. The topological polar surface area (TPSA) is 86.2 Å². The summed E-state index contributed by atoms with van der Waals surface area (Å²) in [6.07, 6.45) is -3.32. The number of thiocarbonyl (C=S) groups is 1. The number of hydrogen-bond acceptors (Lipinski definition) is 5. The van der Waals surface area contributed by atoms with Crippen LogP contribution in [0, 0.1) is 11.3 Å². The Balaban J connectivity index is 2.11. The molecule has 6 nitrogen and oxygen atoms in total. The van der Waals surface area contributed by atoms with Gasteiger partial charge in [0.1, 0.15) is 11.4 Å². The number of nitrogen functional groups attached to an aromatic ring is 1. The fourth-order valence-corrected chi connectivity index (χ4v) is 3.51. The highest BCUT2D eigenvalue weighted by Crippen LogP contribution is 2.39. The third-order valence-electron chi connectivity index (χ3n) is 4.38. The summed E-state index contributed by atoms with van der Waals surface area (Å²) in [6.45, 7) is 3.21. The number of amides is 1. The van der Waals surface area contributed by atoms with Gasteiger partial charge in [-0.15, -0.1) is 0 Å². The smallest absolute Gasteiger partial charge is 0.384 e. The lowest BCUT2D eigenvalue weighted by atomic mass is 10.0. The van der Waals surface area contributed by atoms with Gasteiger partial charge in [0, 0.05) is 0 Å². The molecule has 1 fully saturated rings. The molecule has 3 rings (SSSR count). The highest BCUT2D eigenvalue weighted by Gasteiger charge is 2.50. The minimum atomic E-state index is -4.75. The standard InChI is InChI=1S/C18H14F3N5OS/c1-17(2)15(27)25(16(28)26(17)12-5-6-14(23)24-9-12)11-4-3-10(8-22)13(7-11)18(19,20)21/h3-7,9H,1-2H3,(H2,23,24). The van der Waals surface area contributed by atoms with E-state index in [0.717, 1.165) is 17.0 Å². The number of nitrogens with two attached hydrogens (primary N) is 1. The van der Waals surface area contributed by atoms with E-state index in [1.165, 1.54) is 29.3 Å². The average molecular weight is 405 g/mol. The monoisotopic (exact) mass is 405 g/mol. The summed E-state index contributed by atoms with van der Waals surface area (Å²) >= 11 is 5.41. The summed E-state index contributed by atoms with van der Waals surface area (Å²) in [5.41, 5.74) is 3.16. The van der Waals surface area contributed by atoms with Gasteiger partial charge in [0.05, 0.1) is 34.8 Å². The molecule has 0 bridgehead atoms. The summed E-state index contributed by atoms with van der Waals surface area (Å²) in [4.78, 5) is 19.5. The van der Waals surface area contributed by atoms with Gasteiger partial charge in [0.25, 0.3) is 5.91 Å². The molecule has 1 aromatic carbocycles.